The Morgan fingerprint density at radius 1 is 1.03 bits per heavy atom. The number of aliphatic hydroxyl groups is 1. The average molecular weight is 455 g/mol. The number of aromatic nitrogens is 2. The Bertz CT molecular complexity index is 1160. The van der Waals surface area contributed by atoms with E-state index in [9.17, 15) is 4.79 Å². The summed E-state index contributed by atoms with van der Waals surface area (Å²) in [7, 11) is 9.06. The van der Waals surface area contributed by atoms with Crippen molar-refractivity contribution in [3.05, 3.63) is 46.5 Å². The molecule has 0 amide bonds. The first-order valence-corrected chi connectivity index (χ1v) is 11.1. The summed E-state index contributed by atoms with van der Waals surface area (Å²) in [6, 6.07) is 5.88. The van der Waals surface area contributed by atoms with Gasteiger partial charge in [0.25, 0.3) is 5.56 Å². The number of rotatable bonds is 11. The number of fused-ring (bicyclic) bond motifs is 1. The van der Waals surface area contributed by atoms with Gasteiger partial charge in [0, 0.05) is 61.2 Å². The van der Waals surface area contributed by atoms with Crippen LogP contribution in [0.5, 0.6) is 11.5 Å². The third kappa shape index (κ3) is 5.64. The first-order valence-electron chi connectivity index (χ1n) is 11.1. The molecule has 0 aliphatic heterocycles. The van der Waals surface area contributed by atoms with E-state index in [1.165, 1.54) is 0 Å². The minimum atomic E-state index is -0.106. The minimum absolute atomic E-state index is 0.106. The molecule has 3 aromatic rings. The Hall–Kier alpha value is -3.10. The zero-order chi connectivity index (χ0) is 24.0. The van der Waals surface area contributed by atoms with E-state index < -0.39 is 0 Å². The molecule has 0 aliphatic rings. The summed E-state index contributed by atoms with van der Waals surface area (Å²) in [5.41, 5.74) is 2.62. The smallest absolute Gasteiger partial charge is 0.259 e. The average Bonchev–Trinajstić information content (AvgIpc) is 2.80. The summed E-state index contributed by atoms with van der Waals surface area (Å²) in [5, 5.41) is 13.6. The molecule has 0 saturated carbocycles. The second-order valence-corrected chi connectivity index (χ2v) is 8.39. The number of nitrogens with one attached hydrogen (secondary N) is 1. The maximum atomic E-state index is 12.8. The van der Waals surface area contributed by atoms with Gasteiger partial charge in [-0.25, -0.2) is 4.98 Å². The second kappa shape index (κ2) is 11.2. The van der Waals surface area contributed by atoms with Crippen molar-refractivity contribution in [2.24, 2.45) is 7.05 Å². The number of aliphatic hydroxyl groups excluding tert-OH is 1. The van der Waals surface area contributed by atoms with Gasteiger partial charge >= 0.3 is 0 Å². The highest BCUT2D eigenvalue weighted by Crippen LogP contribution is 2.39. The van der Waals surface area contributed by atoms with E-state index >= 15 is 0 Å². The molecule has 2 heterocycles. The Morgan fingerprint density at radius 2 is 1.79 bits per heavy atom. The normalized spacial score (nSPS) is 11.2. The molecule has 8 heteroatoms. The summed E-state index contributed by atoms with van der Waals surface area (Å²) in [5.74, 6) is 2.18. The van der Waals surface area contributed by atoms with Crippen LogP contribution in [0.4, 0.5) is 5.82 Å². The summed E-state index contributed by atoms with van der Waals surface area (Å²) < 4.78 is 13.0. The summed E-state index contributed by atoms with van der Waals surface area (Å²) in [6.07, 6.45) is 6.12. The van der Waals surface area contributed by atoms with E-state index in [0.717, 1.165) is 53.6 Å². The highest BCUT2D eigenvalue weighted by Gasteiger charge is 2.18. The number of benzene rings is 1. The molecule has 2 aromatic heterocycles. The number of ether oxygens (including phenoxy) is 2. The third-order valence-electron chi connectivity index (χ3n) is 5.59. The summed E-state index contributed by atoms with van der Waals surface area (Å²) in [4.78, 5) is 19.3. The molecule has 3 rings (SSSR count). The molecular weight excluding hydrogens is 420 g/mol. The van der Waals surface area contributed by atoms with Crippen LogP contribution in [0.1, 0.15) is 24.8 Å². The number of anilines is 1. The van der Waals surface area contributed by atoms with Crippen LogP contribution in [0.3, 0.4) is 0 Å². The number of unbranched alkanes of at least 4 members (excludes halogenated alkanes) is 2. The lowest BCUT2D eigenvalue weighted by Crippen LogP contribution is -2.17. The molecule has 0 spiro atoms. The van der Waals surface area contributed by atoms with Crippen LogP contribution in [0, 0.1) is 0 Å². The Balaban J connectivity index is 2.12. The lowest BCUT2D eigenvalue weighted by molar-refractivity contribution is 0.283. The fourth-order valence-corrected chi connectivity index (χ4v) is 3.94. The predicted octanol–water partition coefficient (Wildman–Crippen LogP) is 3.25. The number of hydrogen-bond donors (Lipinski definition) is 2. The predicted molar refractivity (Wildman–Crippen MR) is 132 cm³/mol. The third-order valence-corrected chi connectivity index (χ3v) is 5.59. The first-order chi connectivity index (χ1) is 15.9. The molecule has 8 nitrogen and oxygen atoms in total. The lowest BCUT2D eigenvalue weighted by Gasteiger charge is -2.19. The van der Waals surface area contributed by atoms with Gasteiger partial charge in [0.15, 0.2) is 0 Å². The number of methoxy groups -OCH3 is 2. The zero-order valence-corrected chi connectivity index (χ0v) is 20.1. The minimum Gasteiger partial charge on any atom is -0.496 e. The van der Waals surface area contributed by atoms with E-state index in [4.69, 9.17) is 14.6 Å². The molecule has 0 atom stereocenters. The largest absolute Gasteiger partial charge is 0.496 e. The van der Waals surface area contributed by atoms with Crippen LogP contribution >= 0.6 is 0 Å². The quantitative estimate of drug-likeness (QED) is 0.430. The van der Waals surface area contributed by atoms with E-state index in [1.54, 1.807) is 32.0 Å². The van der Waals surface area contributed by atoms with Gasteiger partial charge in [-0.15, -0.1) is 0 Å². The molecule has 0 radical (unpaired) electrons. The molecule has 0 fully saturated rings. The van der Waals surface area contributed by atoms with Crippen molar-refractivity contribution in [2.75, 3.05) is 46.8 Å². The fraction of sp³-hybridized carbons (Fsp3) is 0.440. The molecular formula is C25H34N4O4. The number of pyridine rings is 2. The van der Waals surface area contributed by atoms with Gasteiger partial charge in [0.05, 0.1) is 19.6 Å². The van der Waals surface area contributed by atoms with Crippen LogP contribution in [-0.2, 0) is 13.6 Å². The molecule has 0 saturated heterocycles. The molecule has 0 bridgehead atoms. The van der Waals surface area contributed by atoms with E-state index in [2.05, 4.69) is 15.2 Å². The van der Waals surface area contributed by atoms with E-state index in [-0.39, 0.29) is 12.2 Å². The maximum absolute atomic E-state index is 12.8. The number of nitrogens with zero attached hydrogens (tertiary/aromatic N) is 3. The van der Waals surface area contributed by atoms with Crippen LogP contribution < -0.4 is 20.3 Å². The van der Waals surface area contributed by atoms with Gasteiger partial charge in [-0.2, -0.15) is 0 Å². The van der Waals surface area contributed by atoms with Crippen molar-refractivity contribution in [1.29, 1.82) is 0 Å². The van der Waals surface area contributed by atoms with Crippen LogP contribution in [-0.4, -0.2) is 61.0 Å². The molecule has 178 valence electrons. The summed E-state index contributed by atoms with van der Waals surface area (Å²) >= 11 is 0. The van der Waals surface area contributed by atoms with Crippen LogP contribution in [0.2, 0.25) is 0 Å². The van der Waals surface area contributed by atoms with Gasteiger partial charge in [0.2, 0.25) is 0 Å². The van der Waals surface area contributed by atoms with E-state index in [0.29, 0.717) is 23.5 Å². The van der Waals surface area contributed by atoms with Crippen LogP contribution in [0.25, 0.3) is 21.9 Å². The van der Waals surface area contributed by atoms with Gasteiger partial charge in [-0.05, 0) is 51.6 Å². The fourth-order valence-electron chi connectivity index (χ4n) is 3.94. The van der Waals surface area contributed by atoms with Gasteiger partial charge < -0.3 is 29.4 Å². The molecule has 0 aliphatic carbocycles. The van der Waals surface area contributed by atoms with Gasteiger partial charge in [0.1, 0.15) is 17.3 Å². The zero-order valence-electron chi connectivity index (χ0n) is 20.1. The monoisotopic (exact) mass is 454 g/mol. The van der Waals surface area contributed by atoms with Crippen molar-refractivity contribution in [3.63, 3.8) is 0 Å². The molecule has 2 N–H and O–H groups in total. The Kier molecular flexibility index (Phi) is 8.30. The first kappa shape index (κ1) is 24.5. The molecule has 1 aromatic carbocycles. The molecule has 0 unspecified atom stereocenters. The van der Waals surface area contributed by atoms with Crippen molar-refractivity contribution in [1.82, 2.24) is 14.5 Å². The Labute approximate surface area is 194 Å². The maximum Gasteiger partial charge on any atom is 0.259 e. The number of hydrogen-bond acceptors (Lipinski definition) is 7. The van der Waals surface area contributed by atoms with Gasteiger partial charge in [-0.1, -0.05) is 0 Å². The van der Waals surface area contributed by atoms with Crippen molar-refractivity contribution >= 4 is 16.6 Å². The standard InChI is InChI=1S/C25H34N4O4/c1-28(2)15-17-11-23(33-5)19(12-22(17)32-4)21-16-29(3)25(31)20-14-27-24(13-18(20)21)26-9-7-6-8-10-30/h11-14,16,30H,6-10,15H2,1-5H3,(H,26,27). The molecule has 33 heavy (non-hydrogen) atoms. The highest BCUT2D eigenvalue weighted by atomic mass is 16.5. The van der Waals surface area contributed by atoms with Crippen LogP contribution in [0.15, 0.2) is 35.4 Å². The second-order valence-electron chi connectivity index (χ2n) is 8.39. The van der Waals surface area contributed by atoms with E-state index in [1.807, 2.05) is 38.5 Å². The summed E-state index contributed by atoms with van der Waals surface area (Å²) in [6.45, 7) is 1.66. The number of aryl methyl sites for hydroxylation is 1. The van der Waals surface area contributed by atoms with Crippen molar-refractivity contribution in [3.8, 4) is 22.6 Å². The Morgan fingerprint density at radius 3 is 2.45 bits per heavy atom. The SMILES string of the molecule is COc1cc(-c2cn(C)c(=O)c3cnc(NCCCCCO)cc23)c(OC)cc1CN(C)C. The van der Waals surface area contributed by atoms with Gasteiger partial charge in [-0.3, -0.25) is 4.79 Å². The highest BCUT2D eigenvalue weighted by molar-refractivity contribution is 5.98. The van der Waals surface area contributed by atoms with Crippen molar-refractivity contribution < 1.29 is 14.6 Å². The topological polar surface area (TPSA) is 88.9 Å². The van der Waals surface area contributed by atoms with Crippen molar-refractivity contribution in [2.45, 2.75) is 25.8 Å². The lowest BCUT2D eigenvalue weighted by atomic mass is 9.98.